The highest BCUT2D eigenvalue weighted by Gasteiger charge is 2.23. The maximum atomic E-state index is 12.1. The number of H-pyrrole nitrogens is 1. The first-order valence-electron chi connectivity index (χ1n) is 6.44. The molecular weight excluding hydrogens is 262 g/mol. The number of carbonyl (C=O) groups excluding carboxylic acids is 2. The number of hydrogen-bond donors (Lipinski definition) is 2. The minimum atomic E-state index is -0.618. The zero-order valence-corrected chi connectivity index (χ0v) is 11.2. The summed E-state index contributed by atoms with van der Waals surface area (Å²) < 4.78 is 5.18. The Balaban J connectivity index is 1.94. The van der Waals surface area contributed by atoms with E-state index in [0.29, 0.717) is 31.9 Å². The number of amides is 2. The highest BCUT2D eigenvalue weighted by molar-refractivity contribution is 5.97. The van der Waals surface area contributed by atoms with Crippen molar-refractivity contribution in [3.63, 3.8) is 0 Å². The van der Waals surface area contributed by atoms with Gasteiger partial charge in [-0.3, -0.25) is 14.4 Å². The lowest BCUT2D eigenvalue weighted by Gasteiger charge is -2.29. The Morgan fingerprint density at radius 2 is 2.05 bits per heavy atom. The molecule has 1 aliphatic rings. The normalized spacial score (nSPS) is 16.6. The maximum absolute atomic E-state index is 12.1. The third-order valence-corrected chi connectivity index (χ3v) is 3.09. The quantitative estimate of drug-likeness (QED) is 0.769. The maximum Gasteiger partial charge on any atom is 0.253 e. The molecule has 2 heterocycles. The molecule has 0 radical (unpaired) electrons. The van der Waals surface area contributed by atoms with Crippen LogP contribution < -0.4 is 10.9 Å². The summed E-state index contributed by atoms with van der Waals surface area (Å²) in [6.45, 7) is 3.76. The van der Waals surface area contributed by atoms with Crippen LogP contribution >= 0.6 is 0 Å². The number of hydrogen-bond acceptors (Lipinski definition) is 4. The van der Waals surface area contributed by atoms with E-state index in [1.54, 1.807) is 11.8 Å². The van der Waals surface area contributed by atoms with Gasteiger partial charge < -0.3 is 19.9 Å². The van der Waals surface area contributed by atoms with Gasteiger partial charge >= 0.3 is 0 Å². The summed E-state index contributed by atoms with van der Waals surface area (Å²) >= 11 is 0. The molecule has 20 heavy (non-hydrogen) atoms. The third-order valence-electron chi connectivity index (χ3n) is 3.09. The van der Waals surface area contributed by atoms with E-state index in [1.165, 1.54) is 18.3 Å². The van der Waals surface area contributed by atoms with Crippen LogP contribution in [-0.2, 0) is 9.53 Å². The Morgan fingerprint density at radius 3 is 2.65 bits per heavy atom. The molecule has 7 nitrogen and oxygen atoms in total. The Kier molecular flexibility index (Phi) is 4.52. The van der Waals surface area contributed by atoms with Crippen LogP contribution in [0.3, 0.4) is 0 Å². The van der Waals surface area contributed by atoms with E-state index in [9.17, 15) is 14.4 Å². The van der Waals surface area contributed by atoms with Crippen LogP contribution in [0.25, 0.3) is 0 Å². The van der Waals surface area contributed by atoms with Gasteiger partial charge in [-0.1, -0.05) is 0 Å². The number of ether oxygens (including phenoxy) is 1. The van der Waals surface area contributed by atoms with Crippen LogP contribution in [0.1, 0.15) is 17.3 Å². The number of pyridine rings is 1. The molecule has 2 N–H and O–H groups in total. The fourth-order valence-electron chi connectivity index (χ4n) is 1.95. The molecule has 1 fully saturated rings. The van der Waals surface area contributed by atoms with Crippen molar-refractivity contribution >= 4 is 11.8 Å². The van der Waals surface area contributed by atoms with Gasteiger partial charge in [0, 0.05) is 25.4 Å². The summed E-state index contributed by atoms with van der Waals surface area (Å²) in [7, 11) is 0. The summed E-state index contributed by atoms with van der Waals surface area (Å²) in [5.41, 5.74) is 0.0326. The molecule has 0 saturated carbocycles. The van der Waals surface area contributed by atoms with E-state index < -0.39 is 11.9 Å². The van der Waals surface area contributed by atoms with Crippen LogP contribution in [0.15, 0.2) is 23.1 Å². The average Bonchev–Trinajstić information content (AvgIpc) is 2.48. The Labute approximate surface area is 115 Å². The van der Waals surface area contributed by atoms with Gasteiger partial charge in [0.05, 0.1) is 18.8 Å². The molecule has 108 valence electrons. The lowest BCUT2D eigenvalue weighted by molar-refractivity contribution is -0.136. The topological polar surface area (TPSA) is 91.5 Å². The van der Waals surface area contributed by atoms with Gasteiger partial charge in [-0.05, 0) is 13.0 Å². The molecule has 0 aromatic carbocycles. The van der Waals surface area contributed by atoms with Crippen molar-refractivity contribution in [2.24, 2.45) is 0 Å². The molecule has 1 saturated heterocycles. The smallest absolute Gasteiger partial charge is 0.253 e. The van der Waals surface area contributed by atoms with Gasteiger partial charge in [-0.2, -0.15) is 0 Å². The number of aromatic amines is 1. The Bertz CT molecular complexity index is 528. The van der Waals surface area contributed by atoms with Gasteiger partial charge in [-0.25, -0.2) is 0 Å². The zero-order chi connectivity index (χ0) is 14.5. The number of nitrogens with one attached hydrogen (secondary N) is 2. The largest absolute Gasteiger partial charge is 0.378 e. The molecule has 2 rings (SSSR count). The minimum Gasteiger partial charge on any atom is -0.378 e. The summed E-state index contributed by atoms with van der Waals surface area (Å²) in [4.78, 5) is 39.0. The highest BCUT2D eigenvalue weighted by atomic mass is 16.5. The van der Waals surface area contributed by atoms with Gasteiger partial charge in [0.15, 0.2) is 0 Å². The Morgan fingerprint density at radius 1 is 1.35 bits per heavy atom. The lowest BCUT2D eigenvalue weighted by atomic mass is 10.2. The molecule has 0 bridgehead atoms. The second-order valence-corrected chi connectivity index (χ2v) is 4.57. The molecule has 2 amide bonds. The van der Waals surface area contributed by atoms with E-state index in [4.69, 9.17) is 4.74 Å². The molecule has 1 atom stereocenters. The predicted molar refractivity (Wildman–Crippen MR) is 71.4 cm³/mol. The minimum absolute atomic E-state index is 0.133. The van der Waals surface area contributed by atoms with E-state index in [1.807, 2.05) is 0 Å². The van der Waals surface area contributed by atoms with E-state index in [-0.39, 0.29) is 11.5 Å². The van der Waals surface area contributed by atoms with Crippen LogP contribution in [0.2, 0.25) is 0 Å². The summed E-state index contributed by atoms with van der Waals surface area (Å²) in [6, 6.07) is 2.07. The van der Waals surface area contributed by atoms with Crippen molar-refractivity contribution in [1.29, 1.82) is 0 Å². The molecule has 1 unspecified atom stereocenters. The zero-order valence-electron chi connectivity index (χ0n) is 11.2. The lowest BCUT2D eigenvalue weighted by Crippen LogP contribution is -2.50. The molecule has 1 aromatic rings. The van der Waals surface area contributed by atoms with Crippen molar-refractivity contribution in [3.8, 4) is 0 Å². The second kappa shape index (κ2) is 6.33. The molecule has 1 aromatic heterocycles. The van der Waals surface area contributed by atoms with E-state index in [0.717, 1.165) is 0 Å². The number of morpholine rings is 1. The standard InChI is InChI=1S/C13H17N3O4/c1-9(13(19)16-4-6-20-7-5-16)15-12(18)10-2-3-11(17)14-8-10/h2-3,8-9H,4-7H2,1H3,(H,14,17)(H,15,18). The van der Waals surface area contributed by atoms with Crippen molar-refractivity contribution in [2.45, 2.75) is 13.0 Å². The highest BCUT2D eigenvalue weighted by Crippen LogP contribution is 2.02. The number of carbonyl (C=O) groups is 2. The first kappa shape index (κ1) is 14.3. The fourth-order valence-corrected chi connectivity index (χ4v) is 1.95. The van der Waals surface area contributed by atoms with Crippen LogP contribution in [-0.4, -0.2) is 54.0 Å². The monoisotopic (exact) mass is 279 g/mol. The van der Waals surface area contributed by atoms with Gasteiger partial charge in [0.25, 0.3) is 5.91 Å². The van der Waals surface area contributed by atoms with E-state index >= 15 is 0 Å². The van der Waals surface area contributed by atoms with Gasteiger partial charge in [0.2, 0.25) is 11.5 Å². The third kappa shape index (κ3) is 3.45. The molecule has 0 spiro atoms. The SMILES string of the molecule is CC(NC(=O)c1ccc(=O)[nH]c1)C(=O)N1CCOCC1. The van der Waals surface area contributed by atoms with Crippen LogP contribution in [0, 0.1) is 0 Å². The predicted octanol–water partition coefficient (Wildman–Crippen LogP) is -0.648. The Hall–Kier alpha value is -2.15. The first-order valence-corrected chi connectivity index (χ1v) is 6.44. The van der Waals surface area contributed by atoms with Crippen molar-refractivity contribution in [1.82, 2.24) is 15.2 Å². The summed E-state index contributed by atoms with van der Waals surface area (Å²) in [5, 5.41) is 2.62. The second-order valence-electron chi connectivity index (χ2n) is 4.57. The van der Waals surface area contributed by atoms with Gasteiger partial charge in [-0.15, -0.1) is 0 Å². The summed E-state index contributed by atoms with van der Waals surface area (Å²) in [5.74, 6) is -0.526. The number of aromatic nitrogens is 1. The van der Waals surface area contributed by atoms with Crippen molar-refractivity contribution in [3.05, 3.63) is 34.2 Å². The fraction of sp³-hybridized carbons (Fsp3) is 0.462. The van der Waals surface area contributed by atoms with Gasteiger partial charge in [0.1, 0.15) is 6.04 Å². The molecule has 1 aliphatic heterocycles. The summed E-state index contributed by atoms with van der Waals surface area (Å²) in [6.07, 6.45) is 1.32. The van der Waals surface area contributed by atoms with Crippen LogP contribution in [0.5, 0.6) is 0 Å². The van der Waals surface area contributed by atoms with E-state index in [2.05, 4.69) is 10.3 Å². The van der Waals surface area contributed by atoms with Crippen molar-refractivity contribution in [2.75, 3.05) is 26.3 Å². The van der Waals surface area contributed by atoms with Crippen molar-refractivity contribution < 1.29 is 14.3 Å². The van der Waals surface area contributed by atoms with Crippen LogP contribution in [0.4, 0.5) is 0 Å². The molecule has 0 aliphatic carbocycles. The molecular formula is C13H17N3O4. The number of rotatable bonds is 3. The first-order chi connectivity index (χ1) is 9.58. The molecule has 7 heteroatoms. The average molecular weight is 279 g/mol. The number of nitrogens with zero attached hydrogens (tertiary/aromatic N) is 1.